The largest absolute Gasteiger partial charge is 0.388 e. The van der Waals surface area contributed by atoms with Gasteiger partial charge in [-0.25, -0.2) is 4.79 Å². The van der Waals surface area contributed by atoms with Crippen LogP contribution in [0, 0.1) is 6.92 Å². The minimum Gasteiger partial charge on any atom is -0.388 e. The van der Waals surface area contributed by atoms with Crippen molar-refractivity contribution in [3.05, 3.63) is 38.5 Å². The van der Waals surface area contributed by atoms with Gasteiger partial charge in [0, 0.05) is 24.8 Å². The maximum absolute atomic E-state index is 12.6. The standard InChI is InChI=1S/C18H24N4O3/c1-11-14(20-9-3-8-18(2,25)10-20)7-6-13-15(11)21(12-4-5-12)17(24)22(19)16(13)23/h6-7,12,25H,3-5,8-10,19H2,1-2H3. The number of nitrogen functional groups attached to an aromatic ring is 1. The Morgan fingerprint density at radius 3 is 2.64 bits per heavy atom. The van der Waals surface area contributed by atoms with Gasteiger partial charge >= 0.3 is 5.69 Å². The van der Waals surface area contributed by atoms with Crippen molar-refractivity contribution in [1.29, 1.82) is 0 Å². The summed E-state index contributed by atoms with van der Waals surface area (Å²) in [5, 5.41) is 10.9. The molecular weight excluding hydrogens is 320 g/mol. The second-order valence-corrected chi connectivity index (χ2v) is 7.69. The van der Waals surface area contributed by atoms with E-state index in [4.69, 9.17) is 5.84 Å². The van der Waals surface area contributed by atoms with E-state index in [2.05, 4.69) is 4.90 Å². The number of nitrogens with two attached hydrogens (primary N) is 1. The molecule has 7 heteroatoms. The Balaban J connectivity index is 1.96. The summed E-state index contributed by atoms with van der Waals surface area (Å²) in [6, 6.07) is 3.77. The fourth-order valence-electron chi connectivity index (χ4n) is 4.04. The van der Waals surface area contributed by atoms with Crippen LogP contribution in [0.3, 0.4) is 0 Å². The van der Waals surface area contributed by atoms with Crippen LogP contribution in [-0.4, -0.2) is 33.0 Å². The van der Waals surface area contributed by atoms with Crippen LogP contribution in [0.15, 0.2) is 21.7 Å². The minimum absolute atomic E-state index is 0.115. The molecule has 1 atom stereocenters. The highest BCUT2D eigenvalue weighted by atomic mass is 16.3. The summed E-state index contributed by atoms with van der Waals surface area (Å²) < 4.78 is 2.39. The zero-order valence-corrected chi connectivity index (χ0v) is 14.7. The van der Waals surface area contributed by atoms with Crippen LogP contribution >= 0.6 is 0 Å². The van der Waals surface area contributed by atoms with Crippen molar-refractivity contribution >= 4 is 16.6 Å². The van der Waals surface area contributed by atoms with Gasteiger partial charge < -0.3 is 15.8 Å². The van der Waals surface area contributed by atoms with E-state index in [0.29, 0.717) is 22.1 Å². The quantitative estimate of drug-likeness (QED) is 0.789. The summed E-state index contributed by atoms with van der Waals surface area (Å²) in [6.07, 6.45) is 3.54. The molecule has 2 aromatic rings. The molecule has 25 heavy (non-hydrogen) atoms. The number of benzene rings is 1. The number of piperidine rings is 1. The highest BCUT2D eigenvalue weighted by molar-refractivity contribution is 5.87. The van der Waals surface area contributed by atoms with Gasteiger partial charge in [0.05, 0.1) is 16.5 Å². The van der Waals surface area contributed by atoms with Crippen molar-refractivity contribution in [2.24, 2.45) is 0 Å². The molecule has 1 aliphatic heterocycles. The smallest absolute Gasteiger partial charge is 0.350 e. The van der Waals surface area contributed by atoms with Gasteiger partial charge in [0.1, 0.15) is 0 Å². The number of anilines is 1. The van der Waals surface area contributed by atoms with Gasteiger partial charge in [0.2, 0.25) is 0 Å². The second kappa shape index (κ2) is 5.36. The molecule has 4 rings (SSSR count). The lowest BCUT2D eigenvalue weighted by Gasteiger charge is -2.39. The number of aliphatic hydroxyl groups is 1. The van der Waals surface area contributed by atoms with Gasteiger partial charge in [-0.2, -0.15) is 4.68 Å². The molecular formula is C18H24N4O3. The molecule has 1 saturated heterocycles. The first-order valence-corrected chi connectivity index (χ1v) is 8.83. The topological polar surface area (TPSA) is 93.5 Å². The molecule has 134 valence electrons. The predicted octanol–water partition coefficient (Wildman–Crippen LogP) is 0.872. The fourth-order valence-corrected chi connectivity index (χ4v) is 4.04. The van der Waals surface area contributed by atoms with E-state index in [1.54, 1.807) is 10.6 Å². The van der Waals surface area contributed by atoms with Gasteiger partial charge in [-0.05, 0) is 57.2 Å². The van der Waals surface area contributed by atoms with Gasteiger partial charge in [0.25, 0.3) is 5.56 Å². The summed E-state index contributed by atoms with van der Waals surface area (Å²) in [7, 11) is 0. The van der Waals surface area contributed by atoms with E-state index < -0.39 is 16.9 Å². The Labute approximate surface area is 145 Å². The van der Waals surface area contributed by atoms with E-state index in [1.165, 1.54) is 0 Å². The van der Waals surface area contributed by atoms with Crippen molar-refractivity contribution in [3.8, 4) is 0 Å². The predicted molar refractivity (Wildman–Crippen MR) is 97.7 cm³/mol. The summed E-state index contributed by atoms with van der Waals surface area (Å²) in [5.74, 6) is 5.71. The van der Waals surface area contributed by atoms with Crippen LogP contribution in [0.25, 0.3) is 10.9 Å². The van der Waals surface area contributed by atoms with Crippen molar-refractivity contribution in [1.82, 2.24) is 9.24 Å². The molecule has 2 heterocycles. The van der Waals surface area contributed by atoms with Gasteiger partial charge in [0.15, 0.2) is 0 Å². The number of aryl methyl sites for hydroxylation is 1. The lowest BCUT2D eigenvalue weighted by Crippen LogP contribution is -2.47. The van der Waals surface area contributed by atoms with Crippen molar-refractivity contribution in [3.63, 3.8) is 0 Å². The molecule has 2 aliphatic rings. The molecule has 1 unspecified atom stereocenters. The lowest BCUT2D eigenvalue weighted by molar-refractivity contribution is 0.0449. The van der Waals surface area contributed by atoms with Crippen molar-refractivity contribution < 1.29 is 5.11 Å². The SMILES string of the molecule is Cc1c(N2CCCC(C)(O)C2)ccc2c(=O)n(N)c(=O)n(C3CC3)c12. The number of aromatic nitrogens is 2. The third-order valence-electron chi connectivity index (χ3n) is 5.43. The molecule has 1 aromatic carbocycles. The highest BCUT2D eigenvalue weighted by Gasteiger charge is 2.32. The maximum Gasteiger partial charge on any atom is 0.350 e. The average Bonchev–Trinajstić information content (AvgIpc) is 3.37. The Kier molecular flexibility index (Phi) is 3.47. The van der Waals surface area contributed by atoms with E-state index >= 15 is 0 Å². The van der Waals surface area contributed by atoms with Crippen molar-refractivity contribution in [2.45, 2.75) is 51.2 Å². The zero-order chi connectivity index (χ0) is 17.9. The van der Waals surface area contributed by atoms with Crippen LogP contribution in [0.1, 0.15) is 44.2 Å². The minimum atomic E-state index is -0.726. The Morgan fingerprint density at radius 2 is 2.00 bits per heavy atom. The summed E-state index contributed by atoms with van der Waals surface area (Å²) in [4.78, 5) is 27.2. The molecule has 0 amide bonds. The Morgan fingerprint density at radius 1 is 1.28 bits per heavy atom. The second-order valence-electron chi connectivity index (χ2n) is 7.69. The maximum atomic E-state index is 12.6. The Hall–Kier alpha value is -2.28. The molecule has 0 bridgehead atoms. The van der Waals surface area contributed by atoms with Crippen LogP contribution in [0.4, 0.5) is 5.69 Å². The average molecular weight is 344 g/mol. The normalized spacial score (nSPS) is 24.0. The molecule has 0 spiro atoms. The van der Waals surface area contributed by atoms with E-state index in [9.17, 15) is 14.7 Å². The first-order chi connectivity index (χ1) is 11.8. The third kappa shape index (κ3) is 2.54. The van der Waals surface area contributed by atoms with Gasteiger partial charge in [-0.3, -0.25) is 9.36 Å². The molecule has 1 aromatic heterocycles. The summed E-state index contributed by atoms with van der Waals surface area (Å²) in [6.45, 7) is 5.19. The van der Waals surface area contributed by atoms with E-state index in [0.717, 1.165) is 43.5 Å². The first-order valence-electron chi connectivity index (χ1n) is 8.83. The van der Waals surface area contributed by atoms with E-state index in [-0.39, 0.29) is 6.04 Å². The van der Waals surface area contributed by atoms with Crippen LogP contribution in [0.2, 0.25) is 0 Å². The number of nitrogens with zero attached hydrogens (tertiary/aromatic N) is 3. The van der Waals surface area contributed by atoms with Crippen LogP contribution in [-0.2, 0) is 0 Å². The number of rotatable bonds is 2. The van der Waals surface area contributed by atoms with E-state index in [1.807, 2.05) is 19.9 Å². The molecule has 1 aliphatic carbocycles. The first kappa shape index (κ1) is 16.2. The highest BCUT2D eigenvalue weighted by Crippen LogP contribution is 2.38. The zero-order valence-electron chi connectivity index (χ0n) is 14.7. The lowest BCUT2D eigenvalue weighted by atomic mass is 9.94. The summed E-state index contributed by atoms with van der Waals surface area (Å²) in [5.41, 5.74) is 0.911. The molecule has 0 radical (unpaired) electrons. The molecule has 3 N–H and O–H groups in total. The third-order valence-corrected chi connectivity index (χ3v) is 5.43. The summed E-state index contributed by atoms with van der Waals surface area (Å²) >= 11 is 0. The molecule has 1 saturated carbocycles. The molecule has 7 nitrogen and oxygen atoms in total. The monoisotopic (exact) mass is 344 g/mol. The van der Waals surface area contributed by atoms with Crippen molar-refractivity contribution in [2.75, 3.05) is 23.8 Å². The van der Waals surface area contributed by atoms with Crippen LogP contribution < -0.4 is 22.0 Å². The molecule has 2 fully saturated rings. The van der Waals surface area contributed by atoms with Gasteiger partial charge in [-0.1, -0.05) is 0 Å². The number of β-amino-alcohol motifs (C(OH)–C–C–N with tert-alkyl or cyclic N) is 1. The van der Waals surface area contributed by atoms with Crippen LogP contribution in [0.5, 0.6) is 0 Å². The fraction of sp³-hybridized carbons (Fsp3) is 0.556. The van der Waals surface area contributed by atoms with Gasteiger partial charge in [-0.15, -0.1) is 0 Å². The number of hydrogen-bond donors (Lipinski definition) is 2. The number of fused-ring (bicyclic) bond motifs is 1. The number of hydrogen-bond acceptors (Lipinski definition) is 5. The Bertz CT molecular complexity index is 969.